The number of methoxy groups -OCH3 is 2. The zero-order chi connectivity index (χ0) is 19.4. The van der Waals surface area contributed by atoms with Gasteiger partial charge in [0.2, 0.25) is 0 Å². The quantitative estimate of drug-likeness (QED) is 0.703. The fourth-order valence-corrected chi connectivity index (χ4v) is 3.01. The molecule has 0 amide bonds. The van der Waals surface area contributed by atoms with Crippen LogP contribution in [0.5, 0.6) is 11.5 Å². The molecule has 2 aromatic carbocycles. The van der Waals surface area contributed by atoms with E-state index in [1.165, 1.54) is 7.11 Å². The maximum Gasteiger partial charge on any atom is 0.124 e. The maximum atomic E-state index is 10.3. The van der Waals surface area contributed by atoms with E-state index < -0.39 is 24.4 Å². The highest BCUT2D eigenvalue weighted by molar-refractivity contribution is 5.49. The van der Waals surface area contributed by atoms with Crippen LogP contribution in [0, 0.1) is 11.8 Å². The lowest BCUT2D eigenvalue weighted by atomic mass is 9.98. The second kappa shape index (κ2) is 8.42. The van der Waals surface area contributed by atoms with Crippen LogP contribution >= 0.6 is 0 Å². The van der Waals surface area contributed by atoms with Gasteiger partial charge < -0.3 is 29.5 Å². The van der Waals surface area contributed by atoms with Crippen LogP contribution < -0.4 is 9.47 Å². The fourth-order valence-electron chi connectivity index (χ4n) is 3.01. The maximum absolute atomic E-state index is 10.3. The first-order valence-electron chi connectivity index (χ1n) is 8.54. The van der Waals surface area contributed by atoms with Gasteiger partial charge >= 0.3 is 0 Å². The molecule has 1 heterocycles. The van der Waals surface area contributed by atoms with Gasteiger partial charge in [0, 0.05) is 16.7 Å². The molecule has 1 saturated heterocycles. The molecule has 0 spiro atoms. The van der Waals surface area contributed by atoms with Crippen molar-refractivity contribution in [3.8, 4) is 23.3 Å². The second-order valence-corrected chi connectivity index (χ2v) is 6.19. The van der Waals surface area contributed by atoms with Crippen molar-refractivity contribution in [2.45, 2.75) is 24.4 Å². The first-order valence-corrected chi connectivity index (χ1v) is 8.54. The molecule has 0 saturated carbocycles. The number of rotatable bonds is 4. The van der Waals surface area contributed by atoms with E-state index in [-0.39, 0.29) is 6.61 Å². The van der Waals surface area contributed by atoms with Crippen molar-refractivity contribution in [3.63, 3.8) is 0 Å². The molecule has 1 aliphatic heterocycles. The molecule has 6 heteroatoms. The van der Waals surface area contributed by atoms with Crippen LogP contribution in [0.25, 0.3) is 0 Å². The minimum Gasteiger partial charge on any atom is -0.497 e. The third-order valence-corrected chi connectivity index (χ3v) is 4.52. The highest BCUT2D eigenvalue weighted by atomic mass is 16.6. The summed E-state index contributed by atoms with van der Waals surface area (Å²) in [5.74, 6) is 7.41. The molecule has 0 radical (unpaired) electrons. The molecule has 4 atom stereocenters. The standard InChI is InChI=1S/C21H22O6/c1-25-15-8-5-13(6-9-15)3-4-14-7-10-17(26-2)16(11-14)21-20(24)19(23)18(12-22)27-21/h5-11,18-24H,12H2,1-2H3/t18-,19-,20-,21+/m1/s1. The van der Waals surface area contributed by atoms with Crippen molar-refractivity contribution >= 4 is 0 Å². The minimum absolute atomic E-state index is 0.381. The molecule has 0 unspecified atom stereocenters. The van der Waals surface area contributed by atoms with Crippen LogP contribution in [0.4, 0.5) is 0 Å². The van der Waals surface area contributed by atoms with Crippen molar-refractivity contribution < 1.29 is 29.5 Å². The summed E-state index contributed by atoms with van der Waals surface area (Å²) in [5, 5.41) is 29.6. The summed E-state index contributed by atoms with van der Waals surface area (Å²) in [6.45, 7) is -0.381. The van der Waals surface area contributed by atoms with E-state index in [1.807, 2.05) is 24.3 Å². The summed E-state index contributed by atoms with van der Waals surface area (Å²) in [6, 6.07) is 12.7. The molecule has 6 nitrogen and oxygen atoms in total. The number of benzene rings is 2. The molecule has 0 aliphatic carbocycles. The monoisotopic (exact) mass is 370 g/mol. The molecular weight excluding hydrogens is 348 g/mol. The molecule has 2 aromatic rings. The van der Waals surface area contributed by atoms with Gasteiger partial charge in [0.25, 0.3) is 0 Å². The largest absolute Gasteiger partial charge is 0.497 e. The van der Waals surface area contributed by atoms with Crippen LogP contribution in [0.2, 0.25) is 0 Å². The summed E-state index contributed by atoms with van der Waals surface area (Å²) in [5.41, 5.74) is 2.11. The molecule has 27 heavy (non-hydrogen) atoms. The number of aliphatic hydroxyl groups excluding tert-OH is 3. The molecule has 0 bridgehead atoms. The van der Waals surface area contributed by atoms with Gasteiger partial charge in [-0.2, -0.15) is 0 Å². The summed E-state index contributed by atoms with van der Waals surface area (Å²) in [4.78, 5) is 0. The number of hydrogen-bond acceptors (Lipinski definition) is 6. The Morgan fingerprint density at radius 2 is 1.59 bits per heavy atom. The third kappa shape index (κ3) is 4.07. The average molecular weight is 370 g/mol. The van der Waals surface area contributed by atoms with Gasteiger partial charge in [-0.3, -0.25) is 0 Å². The molecule has 0 aromatic heterocycles. The van der Waals surface area contributed by atoms with Crippen LogP contribution in [0.3, 0.4) is 0 Å². The van der Waals surface area contributed by atoms with Crippen molar-refractivity contribution in [2.75, 3.05) is 20.8 Å². The van der Waals surface area contributed by atoms with Crippen molar-refractivity contribution in [1.82, 2.24) is 0 Å². The Morgan fingerprint density at radius 1 is 0.926 bits per heavy atom. The SMILES string of the molecule is COc1ccc(C#Cc2ccc(OC)c([C@@H]3O[C@H](CO)[C@@H](O)[C@H]3O)c2)cc1. The zero-order valence-electron chi connectivity index (χ0n) is 15.1. The predicted octanol–water partition coefficient (Wildman–Crippen LogP) is 1.26. The van der Waals surface area contributed by atoms with Gasteiger partial charge in [0.05, 0.1) is 20.8 Å². The highest BCUT2D eigenvalue weighted by Gasteiger charge is 2.44. The number of aliphatic hydroxyl groups is 3. The smallest absolute Gasteiger partial charge is 0.124 e. The summed E-state index contributed by atoms with van der Waals surface area (Å²) >= 11 is 0. The van der Waals surface area contributed by atoms with E-state index in [0.717, 1.165) is 11.3 Å². The van der Waals surface area contributed by atoms with E-state index in [2.05, 4.69) is 11.8 Å². The second-order valence-electron chi connectivity index (χ2n) is 6.19. The molecule has 3 rings (SSSR count). The van der Waals surface area contributed by atoms with Crippen LogP contribution in [0.1, 0.15) is 22.8 Å². The Hall–Kier alpha value is -2.56. The predicted molar refractivity (Wildman–Crippen MR) is 98.7 cm³/mol. The van der Waals surface area contributed by atoms with Crippen molar-refractivity contribution in [1.29, 1.82) is 0 Å². The first kappa shape index (κ1) is 19.2. The Kier molecular flexibility index (Phi) is 5.99. The van der Waals surface area contributed by atoms with Gasteiger partial charge in [-0.05, 0) is 42.5 Å². The minimum atomic E-state index is -1.17. The van der Waals surface area contributed by atoms with Gasteiger partial charge in [0.1, 0.15) is 35.9 Å². The lowest BCUT2D eigenvalue weighted by molar-refractivity contribution is -0.0233. The number of ether oxygens (including phenoxy) is 3. The summed E-state index contributed by atoms with van der Waals surface area (Å²) in [7, 11) is 3.13. The van der Waals surface area contributed by atoms with Crippen molar-refractivity contribution in [2.24, 2.45) is 0 Å². The Bertz CT molecular complexity index is 836. The Morgan fingerprint density at radius 3 is 2.19 bits per heavy atom. The fraction of sp³-hybridized carbons (Fsp3) is 0.333. The molecule has 142 valence electrons. The number of hydrogen-bond donors (Lipinski definition) is 3. The normalized spacial score (nSPS) is 24.2. The van der Waals surface area contributed by atoms with Gasteiger partial charge in [-0.1, -0.05) is 11.8 Å². The lowest BCUT2D eigenvalue weighted by Crippen LogP contribution is -2.32. The molecule has 1 fully saturated rings. The van der Waals surface area contributed by atoms with Gasteiger partial charge in [-0.25, -0.2) is 0 Å². The van der Waals surface area contributed by atoms with E-state index >= 15 is 0 Å². The van der Waals surface area contributed by atoms with E-state index in [9.17, 15) is 15.3 Å². The molecule has 3 N–H and O–H groups in total. The van der Waals surface area contributed by atoms with Crippen LogP contribution in [-0.4, -0.2) is 54.5 Å². The first-order chi connectivity index (χ1) is 13.1. The van der Waals surface area contributed by atoms with E-state index in [0.29, 0.717) is 16.9 Å². The van der Waals surface area contributed by atoms with Crippen LogP contribution in [0.15, 0.2) is 42.5 Å². The average Bonchev–Trinajstić information content (AvgIpc) is 3.00. The van der Waals surface area contributed by atoms with Crippen LogP contribution in [-0.2, 0) is 4.74 Å². The lowest BCUT2D eigenvalue weighted by Gasteiger charge is -2.18. The van der Waals surface area contributed by atoms with E-state index in [1.54, 1.807) is 25.3 Å². The topological polar surface area (TPSA) is 88.4 Å². The molecule has 1 aliphatic rings. The summed E-state index contributed by atoms with van der Waals surface area (Å²) in [6.07, 6.45) is -3.99. The summed E-state index contributed by atoms with van der Waals surface area (Å²) < 4.78 is 16.1. The highest BCUT2D eigenvalue weighted by Crippen LogP contribution is 2.38. The Balaban J connectivity index is 1.89. The Labute approximate surface area is 157 Å². The third-order valence-electron chi connectivity index (χ3n) is 4.52. The van der Waals surface area contributed by atoms with Gasteiger partial charge in [-0.15, -0.1) is 0 Å². The molecular formula is C21H22O6. The van der Waals surface area contributed by atoms with E-state index in [4.69, 9.17) is 14.2 Å². The van der Waals surface area contributed by atoms with Crippen molar-refractivity contribution in [3.05, 3.63) is 59.2 Å². The van der Waals surface area contributed by atoms with Gasteiger partial charge in [0.15, 0.2) is 0 Å². The zero-order valence-corrected chi connectivity index (χ0v) is 15.1.